The van der Waals surface area contributed by atoms with Crippen molar-refractivity contribution in [2.75, 3.05) is 12.8 Å². The molecule has 0 radical (unpaired) electrons. The Bertz CT molecular complexity index is 1350. The van der Waals surface area contributed by atoms with Crippen LogP contribution in [-0.2, 0) is 4.74 Å². The summed E-state index contributed by atoms with van der Waals surface area (Å²) in [5.41, 5.74) is 8.33. The van der Waals surface area contributed by atoms with Crippen LogP contribution in [0.15, 0.2) is 59.7 Å². The highest BCUT2D eigenvalue weighted by Crippen LogP contribution is 2.41. The van der Waals surface area contributed by atoms with Gasteiger partial charge in [0.1, 0.15) is 5.56 Å². The third-order valence-corrected chi connectivity index (χ3v) is 5.58. The average molecular weight is 385 g/mol. The summed E-state index contributed by atoms with van der Waals surface area (Å²) in [6.07, 6.45) is 5.73. The van der Waals surface area contributed by atoms with Gasteiger partial charge in [-0.05, 0) is 42.5 Å². The molecule has 6 nitrogen and oxygen atoms in total. The van der Waals surface area contributed by atoms with Crippen LogP contribution in [0.5, 0.6) is 0 Å². The largest absolute Gasteiger partial charge is 0.465 e. The summed E-state index contributed by atoms with van der Waals surface area (Å²) >= 11 is 0. The number of pyridine rings is 2. The Labute approximate surface area is 166 Å². The monoisotopic (exact) mass is 385 g/mol. The molecule has 0 unspecified atom stereocenters. The third-order valence-electron chi connectivity index (χ3n) is 5.58. The number of carbonyl (C=O) groups excluding carboxylic acids is 1. The Kier molecular flexibility index (Phi) is 3.87. The molecule has 2 aromatic carbocycles. The quantitative estimate of drug-likeness (QED) is 0.542. The molecule has 4 aromatic rings. The van der Waals surface area contributed by atoms with Crippen LogP contribution in [-0.4, -0.2) is 22.6 Å². The minimum atomic E-state index is -0.740. The second kappa shape index (κ2) is 6.44. The van der Waals surface area contributed by atoms with Gasteiger partial charge in [-0.3, -0.25) is 14.3 Å². The van der Waals surface area contributed by atoms with Crippen molar-refractivity contribution in [3.8, 4) is 5.69 Å². The SMILES string of the molecule is COC(=O)c1c(N)c2ccc(C3CC3)cc2n(-c2cccc3cnccc23)c1=O. The van der Waals surface area contributed by atoms with Gasteiger partial charge in [-0.2, -0.15) is 0 Å². The number of nitrogens with zero attached hydrogens (tertiary/aromatic N) is 2. The van der Waals surface area contributed by atoms with Crippen molar-refractivity contribution in [3.63, 3.8) is 0 Å². The Hall–Kier alpha value is -3.67. The molecule has 29 heavy (non-hydrogen) atoms. The van der Waals surface area contributed by atoms with E-state index in [0.717, 1.165) is 23.6 Å². The molecule has 0 saturated heterocycles. The Morgan fingerprint density at radius 3 is 2.76 bits per heavy atom. The fourth-order valence-corrected chi connectivity index (χ4v) is 3.94. The number of nitrogens with two attached hydrogens (primary N) is 1. The molecule has 0 amide bonds. The standard InChI is InChI=1S/C23H19N3O3/c1-29-23(28)20-21(24)17-8-7-14(13-5-6-13)11-19(17)26(22(20)27)18-4-2-3-15-12-25-10-9-16(15)18/h2-4,7-13H,5-6,24H2,1H3. The Morgan fingerprint density at radius 1 is 1.17 bits per heavy atom. The van der Waals surface area contributed by atoms with Crippen molar-refractivity contribution in [2.45, 2.75) is 18.8 Å². The van der Waals surface area contributed by atoms with Crippen molar-refractivity contribution in [1.29, 1.82) is 0 Å². The average Bonchev–Trinajstić information content (AvgIpc) is 3.59. The van der Waals surface area contributed by atoms with E-state index in [2.05, 4.69) is 4.98 Å². The predicted octanol–water partition coefficient (Wildman–Crippen LogP) is 3.79. The van der Waals surface area contributed by atoms with Gasteiger partial charge in [0.05, 0.1) is 24.0 Å². The van der Waals surface area contributed by atoms with E-state index >= 15 is 0 Å². The number of rotatable bonds is 3. The number of hydrogen-bond acceptors (Lipinski definition) is 5. The van der Waals surface area contributed by atoms with E-state index in [-0.39, 0.29) is 11.3 Å². The zero-order chi connectivity index (χ0) is 20.1. The molecule has 1 saturated carbocycles. The lowest BCUT2D eigenvalue weighted by Gasteiger charge is -2.17. The Morgan fingerprint density at radius 2 is 2.00 bits per heavy atom. The first-order valence-corrected chi connectivity index (χ1v) is 9.49. The molecule has 0 atom stereocenters. The second-order valence-corrected chi connectivity index (χ2v) is 7.35. The van der Waals surface area contributed by atoms with Crippen LogP contribution in [0.1, 0.15) is 34.7 Å². The number of carbonyl (C=O) groups is 1. The molecule has 1 fully saturated rings. The molecular formula is C23H19N3O3. The number of esters is 1. The molecule has 2 N–H and O–H groups in total. The normalized spacial score (nSPS) is 13.7. The number of aromatic nitrogens is 2. The molecule has 0 bridgehead atoms. The summed E-state index contributed by atoms with van der Waals surface area (Å²) in [6, 6.07) is 13.5. The minimum Gasteiger partial charge on any atom is -0.465 e. The lowest BCUT2D eigenvalue weighted by Crippen LogP contribution is -2.28. The maximum atomic E-state index is 13.5. The van der Waals surface area contributed by atoms with E-state index < -0.39 is 11.5 Å². The van der Waals surface area contributed by atoms with Gasteiger partial charge in [-0.15, -0.1) is 0 Å². The van der Waals surface area contributed by atoms with Crippen LogP contribution >= 0.6 is 0 Å². The molecule has 2 heterocycles. The van der Waals surface area contributed by atoms with Gasteiger partial charge in [0.25, 0.3) is 5.56 Å². The molecule has 2 aromatic heterocycles. The number of hydrogen-bond donors (Lipinski definition) is 1. The van der Waals surface area contributed by atoms with E-state index in [0.29, 0.717) is 22.5 Å². The number of fused-ring (bicyclic) bond motifs is 2. The third kappa shape index (κ3) is 2.68. The maximum absolute atomic E-state index is 13.5. The number of anilines is 1. The number of ether oxygens (including phenoxy) is 1. The van der Waals surface area contributed by atoms with Gasteiger partial charge < -0.3 is 10.5 Å². The van der Waals surface area contributed by atoms with E-state index in [1.807, 2.05) is 42.5 Å². The fourth-order valence-electron chi connectivity index (χ4n) is 3.94. The smallest absolute Gasteiger partial charge is 0.345 e. The molecule has 144 valence electrons. The fraction of sp³-hybridized carbons (Fsp3) is 0.174. The highest BCUT2D eigenvalue weighted by molar-refractivity contribution is 6.05. The zero-order valence-corrected chi connectivity index (χ0v) is 15.9. The minimum absolute atomic E-state index is 0.148. The number of benzene rings is 2. The van der Waals surface area contributed by atoms with E-state index in [4.69, 9.17) is 10.5 Å². The number of methoxy groups -OCH3 is 1. The van der Waals surface area contributed by atoms with Gasteiger partial charge in [-0.25, -0.2) is 4.79 Å². The van der Waals surface area contributed by atoms with Crippen LogP contribution < -0.4 is 11.3 Å². The van der Waals surface area contributed by atoms with Crippen molar-refractivity contribution in [1.82, 2.24) is 9.55 Å². The lowest BCUT2D eigenvalue weighted by molar-refractivity contribution is 0.0600. The highest BCUT2D eigenvalue weighted by Gasteiger charge is 2.27. The van der Waals surface area contributed by atoms with Gasteiger partial charge in [0.2, 0.25) is 0 Å². The van der Waals surface area contributed by atoms with Gasteiger partial charge >= 0.3 is 5.97 Å². The van der Waals surface area contributed by atoms with Crippen LogP contribution in [0.3, 0.4) is 0 Å². The van der Waals surface area contributed by atoms with Gasteiger partial charge in [0.15, 0.2) is 0 Å². The Balaban J connectivity index is 1.95. The highest BCUT2D eigenvalue weighted by atomic mass is 16.5. The summed E-state index contributed by atoms with van der Waals surface area (Å²) in [5.74, 6) is -0.225. The molecule has 6 heteroatoms. The van der Waals surface area contributed by atoms with E-state index in [1.54, 1.807) is 17.0 Å². The summed E-state index contributed by atoms with van der Waals surface area (Å²) in [5, 5.41) is 2.42. The van der Waals surface area contributed by atoms with Crippen LogP contribution in [0.2, 0.25) is 0 Å². The van der Waals surface area contributed by atoms with Crippen molar-refractivity contribution in [2.24, 2.45) is 0 Å². The second-order valence-electron chi connectivity index (χ2n) is 7.35. The predicted molar refractivity (Wildman–Crippen MR) is 113 cm³/mol. The molecule has 1 aliphatic rings. The van der Waals surface area contributed by atoms with Crippen molar-refractivity contribution >= 4 is 33.3 Å². The summed E-state index contributed by atoms with van der Waals surface area (Å²) in [7, 11) is 1.25. The van der Waals surface area contributed by atoms with Crippen LogP contribution in [0.4, 0.5) is 5.69 Å². The van der Waals surface area contributed by atoms with E-state index in [9.17, 15) is 9.59 Å². The molecular weight excluding hydrogens is 366 g/mol. The van der Waals surface area contributed by atoms with Gasteiger partial charge in [-0.1, -0.05) is 24.3 Å². The maximum Gasteiger partial charge on any atom is 0.345 e. The number of nitrogen functional groups attached to an aromatic ring is 1. The van der Waals surface area contributed by atoms with Gasteiger partial charge in [0, 0.05) is 28.6 Å². The van der Waals surface area contributed by atoms with E-state index in [1.165, 1.54) is 12.7 Å². The molecule has 5 rings (SSSR count). The van der Waals surface area contributed by atoms with Crippen molar-refractivity contribution in [3.05, 3.63) is 76.3 Å². The lowest BCUT2D eigenvalue weighted by atomic mass is 10.0. The topological polar surface area (TPSA) is 87.2 Å². The molecule has 0 aliphatic heterocycles. The first-order chi connectivity index (χ1) is 14.1. The molecule has 1 aliphatic carbocycles. The zero-order valence-electron chi connectivity index (χ0n) is 15.9. The molecule has 0 spiro atoms. The van der Waals surface area contributed by atoms with Crippen LogP contribution in [0, 0.1) is 0 Å². The first-order valence-electron chi connectivity index (χ1n) is 9.49. The van der Waals surface area contributed by atoms with Crippen LogP contribution in [0.25, 0.3) is 27.4 Å². The summed E-state index contributed by atoms with van der Waals surface area (Å²) in [4.78, 5) is 30.1. The van der Waals surface area contributed by atoms with Crippen molar-refractivity contribution < 1.29 is 9.53 Å². The summed E-state index contributed by atoms with van der Waals surface area (Å²) < 4.78 is 6.43. The summed E-state index contributed by atoms with van der Waals surface area (Å²) in [6.45, 7) is 0. The first kappa shape index (κ1) is 17.4.